The predicted molar refractivity (Wildman–Crippen MR) is 75.0 cm³/mol. The molecule has 5 heteroatoms. The Morgan fingerprint density at radius 2 is 2.25 bits per heavy atom. The Bertz CT molecular complexity index is 507. The van der Waals surface area contributed by atoms with Crippen LogP contribution in [0.25, 0.3) is 0 Å². The van der Waals surface area contributed by atoms with Gasteiger partial charge in [-0.2, -0.15) is 0 Å². The Morgan fingerprint density at radius 3 is 2.85 bits per heavy atom. The molecule has 1 heterocycles. The Morgan fingerprint density at radius 1 is 1.45 bits per heavy atom. The Kier molecular flexibility index (Phi) is 4.74. The molecule has 5 nitrogen and oxygen atoms in total. The zero-order valence-electron chi connectivity index (χ0n) is 11.5. The highest BCUT2D eigenvalue weighted by atomic mass is 16.5. The van der Waals surface area contributed by atoms with Crippen LogP contribution in [-0.4, -0.2) is 29.7 Å². The van der Waals surface area contributed by atoms with Crippen molar-refractivity contribution >= 4 is 17.6 Å². The van der Waals surface area contributed by atoms with Gasteiger partial charge in [0.15, 0.2) is 0 Å². The van der Waals surface area contributed by atoms with Crippen LogP contribution in [0.1, 0.15) is 41.6 Å². The number of carboxylic acid groups (broad SMARTS) is 1. The van der Waals surface area contributed by atoms with Crippen molar-refractivity contribution in [1.29, 1.82) is 0 Å². The first-order valence-electron chi connectivity index (χ1n) is 6.81. The standard InChI is InChI=1S/C15H19NO4/c1-10-9-11(4-6-13(10)15(18)19)16-14(17)7-5-12-3-2-8-20-12/h4,6,9,12H,2-3,5,7-8H2,1H3,(H,16,17)(H,18,19). The molecule has 0 radical (unpaired) electrons. The first-order chi connectivity index (χ1) is 9.56. The highest BCUT2D eigenvalue weighted by Gasteiger charge is 2.17. The van der Waals surface area contributed by atoms with Gasteiger partial charge in [-0.3, -0.25) is 4.79 Å². The predicted octanol–water partition coefficient (Wildman–Crippen LogP) is 2.59. The lowest BCUT2D eigenvalue weighted by Crippen LogP contribution is -2.15. The SMILES string of the molecule is Cc1cc(NC(=O)CCC2CCCO2)ccc1C(=O)O. The van der Waals surface area contributed by atoms with Gasteiger partial charge in [-0.25, -0.2) is 4.79 Å². The van der Waals surface area contributed by atoms with E-state index in [1.165, 1.54) is 6.07 Å². The van der Waals surface area contributed by atoms with Gasteiger partial charge in [0.2, 0.25) is 5.91 Å². The molecule has 108 valence electrons. The van der Waals surface area contributed by atoms with Gasteiger partial charge in [0.05, 0.1) is 11.7 Å². The molecule has 0 bridgehead atoms. The summed E-state index contributed by atoms with van der Waals surface area (Å²) in [7, 11) is 0. The molecule has 1 atom stereocenters. The maximum Gasteiger partial charge on any atom is 0.335 e. The number of carbonyl (C=O) groups is 2. The Balaban J connectivity index is 1.87. The third-order valence-electron chi connectivity index (χ3n) is 3.46. The number of aryl methyl sites for hydroxylation is 1. The topological polar surface area (TPSA) is 75.6 Å². The van der Waals surface area contributed by atoms with Crippen LogP contribution in [0.2, 0.25) is 0 Å². The number of hydrogen-bond donors (Lipinski definition) is 2. The van der Waals surface area contributed by atoms with Crippen LogP contribution in [0.4, 0.5) is 5.69 Å². The summed E-state index contributed by atoms with van der Waals surface area (Å²) in [4.78, 5) is 22.7. The molecule has 0 saturated carbocycles. The van der Waals surface area contributed by atoms with Gasteiger partial charge in [0, 0.05) is 18.7 Å². The fraction of sp³-hybridized carbons (Fsp3) is 0.467. The lowest BCUT2D eigenvalue weighted by molar-refractivity contribution is -0.116. The van der Waals surface area contributed by atoms with Crippen molar-refractivity contribution in [3.63, 3.8) is 0 Å². The average Bonchev–Trinajstić information content (AvgIpc) is 2.89. The zero-order valence-corrected chi connectivity index (χ0v) is 11.5. The fourth-order valence-electron chi connectivity index (χ4n) is 2.37. The first kappa shape index (κ1) is 14.5. The van der Waals surface area contributed by atoms with Crippen molar-refractivity contribution in [1.82, 2.24) is 0 Å². The average molecular weight is 277 g/mol. The van der Waals surface area contributed by atoms with Gasteiger partial charge < -0.3 is 15.2 Å². The van der Waals surface area contributed by atoms with E-state index in [0.29, 0.717) is 17.7 Å². The molecule has 2 N–H and O–H groups in total. The van der Waals surface area contributed by atoms with Crippen molar-refractivity contribution in [3.05, 3.63) is 29.3 Å². The molecule has 20 heavy (non-hydrogen) atoms. The van der Waals surface area contributed by atoms with Crippen LogP contribution in [0.5, 0.6) is 0 Å². The minimum Gasteiger partial charge on any atom is -0.478 e. The molecule has 0 aromatic heterocycles. The maximum atomic E-state index is 11.8. The van der Waals surface area contributed by atoms with Crippen molar-refractivity contribution in [2.45, 2.75) is 38.7 Å². The lowest BCUT2D eigenvalue weighted by atomic mass is 10.1. The van der Waals surface area contributed by atoms with E-state index in [1.807, 2.05) is 0 Å². The van der Waals surface area contributed by atoms with Crippen molar-refractivity contribution < 1.29 is 19.4 Å². The van der Waals surface area contributed by atoms with Gasteiger partial charge in [0.1, 0.15) is 0 Å². The van der Waals surface area contributed by atoms with Gasteiger partial charge in [-0.15, -0.1) is 0 Å². The Labute approximate surface area is 117 Å². The van der Waals surface area contributed by atoms with Crippen LogP contribution in [0, 0.1) is 6.92 Å². The minimum atomic E-state index is -0.959. The molecule has 1 saturated heterocycles. The number of amides is 1. The maximum absolute atomic E-state index is 11.8. The number of ether oxygens (including phenoxy) is 1. The number of carboxylic acids is 1. The summed E-state index contributed by atoms with van der Waals surface area (Å²) in [5.74, 6) is -1.03. The lowest BCUT2D eigenvalue weighted by Gasteiger charge is -2.10. The minimum absolute atomic E-state index is 0.0667. The summed E-state index contributed by atoms with van der Waals surface area (Å²) < 4.78 is 5.47. The largest absolute Gasteiger partial charge is 0.478 e. The molecule has 0 aliphatic carbocycles. The first-order valence-corrected chi connectivity index (χ1v) is 6.81. The van der Waals surface area contributed by atoms with E-state index in [-0.39, 0.29) is 17.6 Å². The molecular formula is C15H19NO4. The van der Waals surface area contributed by atoms with E-state index in [9.17, 15) is 9.59 Å². The zero-order chi connectivity index (χ0) is 14.5. The molecular weight excluding hydrogens is 258 g/mol. The molecule has 1 fully saturated rings. The number of benzene rings is 1. The number of carbonyl (C=O) groups excluding carboxylic acids is 1. The molecule has 1 amide bonds. The number of aromatic carboxylic acids is 1. The summed E-state index contributed by atoms with van der Waals surface area (Å²) in [5.41, 5.74) is 1.52. The van der Waals surface area contributed by atoms with Gasteiger partial charge in [0.25, 0.3) is 0 Å². The smallest absolute Gasteiger partial charge is 0.335 e. The van der Waals surface area contributed by atoms with Crippen LogP contribution in [-0.2, 0) is 9.53 Å². The van der Waals surface area contributed by atoms with Gasteiger partial charge in [-0.1, -0.05) is 0 Å². The highest BCUT2D eigenvalue weighted by Crippen LogP contribution is 2.18. The number of anilines is 1. The second kappa shape index (κ2) is 6.52. The Hall–Kier alpha value is -1.88. The summed E-state index contributed by atoms with van der Waals surface area (Å²) >= 11 is 0. The van der Waals surface area contributed by atoms with E-state index in [4.69, 9.17) is 9.84 Å². The number of nitrogens with one attached hydrogen (secondary N) is 1. The molecule has 0 spiro atoms. The van der Waals surface area contributed by atoms with Gasteiger partial charge >= 0.3 is 5.97 Å². The quantitative estimate of drug-likeness (QED) is 0.867. The molecule has 1 aromatic rings. The van der Waals surface area contributed by atoms with E-state index in [1.54, 1.807) is 19.1 Å². The van der Waals surface area contributed by atoms with Gasteiger partial charge in [-0.05, 0) is 49.9 Å². The third-order valence-corrected chi connectivity index (χ3v) is 3.46. The molecule has 1 aliphatic rings. The van der Waals surface area contributed by atoms with E-state index < -0.39 is 5.97 Å². The number of rotatable bonds is 5. The fourth-order valence-corrected chi connectivity index (χ4v) is 2.37. The van der Waals surface area contributed by atoms with E-state index in [0.717, 1.165) is 25.9 Å². The van der Waals surface area contributed by atoms with Crippen molar-refractivity contribution in [2.75, 3.05) is 11.9 Å². The summed E-state index contributed by atoms with van der Waals surface area (Å²) in [6.07, 6.45) is 3.46. The summed E-state index contributed by atoms with van der Waals surface area (Å²) in [6.45, 7) is 2.51. The summed E-state index contributed by atoms with van der Waals surface area (Å²) in [6, 6.07) is 4.79. The van der Waals surface area contributed by atoms with Crippen LogP contribution >= 0.6 is 0 Å². The normalized spacial score (nSPS) is 17.9. The van der Waals surface area contributed by atoms with Crippen LogP contribution in [0.15, 0.2) is 18.2 Å². The molecule has 1 unspecified atom stereocenters. The molecule has 1 aromatic carbocycles. The monoisotopic (exact) mass is 277 g/mol. The summed E-state index contributed by atoms with van der Waals surface area (Å²) in [5, 5.41) is 11.7. The van der Waals surface area contributed by atoms with E-state index >= 15 is 0 Å². The second-order valence-electron chi connectivity index (χ2n) is 5.06. The molecule has 2 rings (SSSR count). The third kappa shape index (κ3) is 3.81. The van der Waals surface area contributed by atoms with E-state index in [2.05, 4.69) is 5.32 Å². The van der Waals surface area contributed by atoms with Crippen molar-refractivity contribution in [3.8, 4) is 0 Å². The highest BCUT2D eigenvalue weighted by molar-refractivity contribution is 5.93. The molecule has 1 aliphatic heterocycles. The van der Waals surface area contributed by atoms with Crippen LogP contribution < -0.4 is 5.32 Å². The number of hydrogen-bond acceptors (Lipinski definition) is 3. The van der Waals surface area contributed by atoms with Crippen molar-refractivity contribution in [2.24, 2.45) is 0 Å². The second-order valence-corrected chi connectivity index (χ2v) is 5.06. The van der Waals surface area contributed by atoms with Crippen LogP contribution in [0.3, 0.4) is 0 Å².